The highest BCUT2D eigenvalue weighted by Gasteiger charge is 2.41. The standard InChI is InChI=1S/C18H21Cl2N5/c1-25-11-15-16(24-25)22-17(18(23-15)7-3-2-4-8-18)21-10-12-5-6-13(19)14(20)9-12/h5-6,9,11,23H,2-4,7-8,10H2,1H3,(H,21,22,24). The highest BCUT2D eigenvalue weighted by atomic mass is 35.5. The van der Waals surface area contributed by atoms with Gasteiger partial charge < -0.3 is 10.6 Å². The van der Waals surface area contributed by atoms with Crippen LogP contribution in [0.5, 0.6) is 0 Å². The molecule has 2 heterocycles. The van der Waals surface area contributed by atoms with Crippen LogP contribution in [0.15, 0.2) is 29.4 Å². The van der Waals surface area contributed by atoms with Crippen LogP contribution in [0.25, 0.3) is 0 Å². The maximum absolute atomic E-state index is 6.13. The second-order valence-electron chi connectivity index (χ2n) is 6.87. The maximum atomic E-state index is 6.13. The van der Waals surface area contributed by atoms with Crippen molar-refractivity contribution < 1.29 is 0 Å². The predicted molar refractivity (Wildman–Crippen MR) is 103 cm³/mol. The monoisotopic (exact) mass is 377 g/mol. The Kier molecular flexibility index (Phi) is 4.38. The van der Waals surface area contributed by atoms with E-state index in [-0.39, 0.29) is 5.54 Å². The van der Waals surface area contributed by atoms with Gasteiger partial charge in [-0.05, 0) is 30.5 Å². The van der Waals surface area contributed by atoms with Gasteiger partial charge in [0.05, 0.1) is 21.8 Å². The zero-order chi connectivity index (χ0) is 17.4. The summed E-state index contributed by atoms with van der Waals surface area (Å²) in [6.07, 6.45) is 7.85. The quantitative estimate of drug-likeness (QED) is 0.798. The number of halogens is 2. The molecule has 1 fully saturated rings. The number of aryl methyl sites for hydroxylation is 1. The third-order valence-electron chi connectivity index (χ3n) is 5.01. The minimum absolute atomic E-state index is 0.121. The number of aromatic nitrogens is 2. The lowest BCUT2D eigenvalue weighted by Crippen LogP contribution is -2.54. The lowest BCUT2D eigenvalue weighted by Gasteiger charge is -2.41. The molecule has 1 aliphatic carbocycles. The van der Waals surface area contributed by atoms with Gasteiger partial charge in [-0.3, -0.25) is 4.68 Å². The summed E-state index contributed by atoms with van der Waals surface area (Å²) in [4.78, 5) is 4.85. The van der Waals surface area contributed by atoms with Gasteiger partial charge in [-0.1, -0.05) is 48.5 Å². The van der Waals surface area contributed by atoms with Crippen molar-refractivity contribution in [2.24, 2.45) is 12.0 Å². The molecule has 0 saturated heterocycles. The Morgan fingerprint density at radius 3 is 2.76 bits per heavy atom. The minimum Gasteiger partial charge on any atom is -0.368 e. The summed E-state index contributed by atoms with van der Waals surface area (Å²) in [6, 6.07) is 5.71. The van der Waals surface area contributed by atoms with E-state index in [1.165, 1.54) is 19.3 Å². The first kappa shape index (κ1) is 16.7. The van der Waals surface area contributed by atoms with Crippen molar-refractivity contribution >= 4 is 40.5 Å². The molecule has 132 valence electrons. The number of fused-ring (bicyclic) bond motifs is 1. The molecule has 0 atom stereocenters. The Morgan fingerprint density at radius 2 is 2.00 bits per heavy atom. The number of nitrogens with one attached hydrogen (secondary N) is 2. The molecule has 0 amide bonds. The van der Waals surface area contributed by atoms with E-state index in [2.05, 4.69) is 15.7 Å². The Hall–Kier alpha value is -1.72. The smallest absolute Gasteiger partial charge is 0.199 e. The van der Waals surface area contributed by atoms with Crippen LogP contribution in [0.3, 0.4) is 0 Å². The number of anilines is 1. The Bertz CT molecular complexity index is 821. The number of aliphatic imine (C=N–C) groups is 1. The Balaban J connectivity index is 1.61. The molecule has 5 nitrogen and oxygen atoms in total. The summed E-state index contributed by atoms with van der Waals surface area (Å²) >= 11 is 12.1. The molecule has 1 aliphatic heterocycles. The van der Waals surface area contributed by atoms with E-state index in [0.29, 0.717) is 16.6 Å². The van der Waals surface area contributed by atoms with Gasteiger partial charge in [-0.15, -0.1) is 0 Å². The highest BCUT2D eigenvalue weighted by molar-refractivity contribution is 6.42. The molecule has 1 aromatic heterocycles. The van der Waals surface area contributed by atoms with Crippen molar-refractivity contribution in [3.63, 3.8) is 0 Å². The first-order valence-electron chi connectivity index (χ1n) is 8.65. The van der Waals surface area contributed by atoms with E-state index >= 15 is 0 Å². The molecule has 1 aromatic carbocycles. The van der Waals surface area contributed by atoms with Gasteiger partial charge in [0.1, 0.15) is 11.5 Å². The number of benzene rings is 1. The number of hydrogen-bond donors (Lipinski definition) is 2. The SMILES string of the molecule is Cn1cc2c(n1)N=C(NCc1ccc(Cl)c(Cl)c1)C1(CCCCC1)N2. The van der Waals surface area contributed by atoms with E-state index in [1.54, 1.807) is 4.68 Å². The topological polar surface area (TPSA) is 54.2 Å². The van der Waals surface area contributed by atoms with Gasteiger partial charge in [0, 0.05) is 13.6 Å². The summed E-state index contributed by atoms with van der Waals surface area (Å²) in [5, 5.41) is 12.8. The molecule has 1 spiro atoms. The van der Waals surface area contributed by atoms with Crippen molar-refractivity contribution in [2.45, 2.75) is 44.2 Å². The van der Waals surface area contributed by atoms with Crippen molar-refractivity contribution in [3.05, 3.63) is 40.0 Å². The minimum atomic E-state index is -0.121. The second-order valence-corrected chi connectivity index (χ2v) is 7.68. The largest absolute Gasteiger partial charge is 0.368 e. The normalized spacial score (nSPS) is 18.4. The maximum Gasteiger partial charge on any atom is 0.199 e. The molecule has 0 bridgehead atoms. The zero-order valence-corrected chi connectivity index (χ0v) is 15.7. The zero-order valence-electron chi connectivity index (χ0n) is 14.1. The molecular formula is C18H21Cl2N5. The van der Waals surface area contributed by atoms with Crippen molar-refractivity contribution in [1.82, 2.24) is 15.1 Å². The molecule has 25 heavy (non-hydrogen) atoms. The van der Waals surface area contributed by atoms with E-state index in [1.807, 2.05) is 31.4 Å². The summed E-state index contributed by atoms with van der Waals surface area (Å²) < 4.78 is 1.81. The molecule has 1 saturated carbocycles. The molecule has 2 aromatic rings. The van der Waals surface area contributed by atoms with Crippen molar-refractivity contribution in [3.8, 4) is 0 Å². The molecule has 2 N–H and O–H groups in total. The lowest BCUT2D eigenvalue weighted by atomic mass is 9.79. The predicted octanol–water partition coefficient (Wildman–Crippen LogP) is 4.68. The van der Waals surface area contributed by atoms with Crippen LogP contribution in [0.2, 0.25) is 10.0 Å². The molecule has 0 radical (unpaired) electrons. The highest BCUT2D eigenvalue weighted by Crippen LogP contribution is 2.39. The van der Waals surface area contributed by atoms with Crippen LogP contribution >= 0.6 is 23.2 Å². The van der Waals surface area contributed by atoms with Gasteiger partial charge in [0.15, 0.2) is 5.82 Å². The fourth-order valence-corrected chi connectivity index (χ4v) is 4.06. The van der Waals surface area contributed by atoms with Crippen LogP contribution < -0.4 is 10.6 Å². The van der Waals surface area contributed by atoms with Crippen LogP contribution in [0.1, 0.15) is 37.7 Å². The van der Waals surface area contributed by atoms with Crippen molar-refractivity contribution in [1.29, 1.82) is 0 Å². The van der Waals surface area contributed by atoms with Gasteiger partial charge >= 0.3 is 0 Å². The van der Waals surface area contributed by atoms with Gasteiger partial charge in [0.2, 0.25) is 0 Å². The lowest BCUT2D eigenvalue weighted by molar-refractivity contribution is 0.396. The Labute approximate surface area is 157 Å². The first-order valence-corrected chi connectivity index (χ1v) is 9.40. The third-order valence-corrected chi connectivity index (χ3v) is 5.74. The molecule has 7 heteroatoms. The molecule has 4 rings (SSSR count). The van der Waals surface area contributed by atoms with Gasteiger partial charge in [0.25, 0.3) is 0 Å². The Morgan fingerprint density at radius 1 is 1.20 bits per heavy atom. The number of rotatable bonds is 2. The first-order chi connectivity index (χ1) is 12.1. The number of amidine groups is 1. The average molecular weight is 378 g/mol. The van der Waals surface area contributed by atoms with Crippen LogP contribution in [0.4, 0.5) is 11.5 Å². The van der Waals surface area contributed by atoms with E-state index < -0.39 is 0 Å². The fourth-order valence-electron chi connectivity index (χ4n) is 3.74. The van der Waals surface area contributed by atoms with E-state index in [0.717, 1.165) is 35.7 Å². The van der Waals surface area contributed by atoms with Gasteiger partial charge in [-0.2, -0.15) is 5.10 Å². The van der Waals surface area contributed by atoms with Gasteiger partial charge in [-0.25, -0.2) is 4.99 Å². The summed E-state index contributed by atoms with van der Waals surface area (Å²) in [7, 11) is 1.92. The van der Waals surface area contributed by atoms with Crippen LogP contribution in [0, 0.1) is 0 Å². The van der Waals surface area contributed by atoms with Crippen LogP contribution in [-0.4, -0.2) is 21.2 Å². The second kappa shape index (κ2) is 6.54. The summed E-state index contributed by atoms with van der Waals surface area (Å²) in [6.45, 7) is 0.654. The number of nitrogens with zero attached hydrogens (tertiary/aromatic N) is 3. The summed E-state index contributed by atoms with van der Waals surface area (Å²) in [5.74, 6) is 1.72. The molecular weight excluding hydrogens is 357 g/mol. The molecule has 2 aliphatic rings. The molecule has 0 unspecified atom stereocenters. The fraction of sp³-hybridized carbons (Fsp3) is 0.444. The van der Waals surface area contributed by atoms with Crippen LogP contribution in [-0.2, 0) is 13.6 Å². The van der Waals surface area contributed by atoms with E-state index in [4.69, 9.17) is 28.2 Å². The number of hydrogen-bond acceptors (Lipinski definition) is 4. The average Bonchev–Trinajstić information content (AvgIpc) is 2.95. The third kappa shape index (κ3) is 3.23. The summed E-state index contributed by atoms with van der Waals surface area (Å²) in [5.41, 5.74) is 1.98. The van der Waals surface area contributed by atoms with E-state index in [9.17, 15) is 0 Å². The van der Waals surface area contributed by atoms with Crippen molar-refractivity contribution in [2.75, 3.05) is 5.32 Å².